The number of hydrogen-bond acceptors (Lipinski definition) is 5. The minimum Gasteiger partial charge on any atom is -0.369 e. The van der Waals surface area contributed by atoms with Gasteiger partial charge in [0, 0.05) is 24.1 Å². The molecule has 2 aromatic rings. The van der Waals surface area contributed by atoms with Crippen molar-refractivity contribution in [1.82, 2.24) is 15.1 Å². The molecule has 1 aromatic carbocycles. The van der Waals surface area contributed by atoms with E-state index in [-0.39, 0.29) is 0 Å². The van der Waals surface area contributed by atoms with E-state index in [4.69, 9.17) is 23.2 Å². The van der Waals surface area contributed by atoms with Gasteiger partial charge in [0.15, 0.2) is 5.01 Å². The molecule has 0 saturated heterocycles. The number of nitriles is 1. The molecule has 0 aliphatic carbocycles. The first-order chi connectivity index (χ1) is 10.5. The highest BCUT2D eigenvalue weighted by atomic mass is 35.5. The van der Waals surface area contributed by atoms with E-state index < -0.39 is 0 Å². The molecule has 22 heavy (non-hydrogen) atoms. The molecule has 0 N–H and O–H groups in total. The normalized spacial score (nSPS) is 11.7. The molecular formula is C14H11Cl2N5S. The van der Waals surface area contributed by atoms with Crippen LogP contribution in [0.3, 0.4) is 0 Å². The maximum absolute atomic E-state index is 9.32. The minimum absolute atomic E-state index is 0.369. The number of aliphatic imine (C=N–C) groups is 1. The van der Waals surface area contributed by atoms with Crippen LogP contribution in [0.2, 0.25) is 10.0 Å². The summed E-state index contributed by atoms with van der Waals surface area (Å²) in [5.41, 5.74) is 1.06. The summed E-state index contributed by atoms with van der Waals surface area (Å²) < 4.78 is 0. The summed E-state index contributed by atoms with van der Waals surface area (Å²) in [4.78, 5) is 5.93. The smallest absolute Gasteiger partial charge is 0.233 e. The standard InChI is InChI=1S/C14H11Cl2N5S/c1-21(2)8-18-14-20-19-13(22-14)10(7-17)5-9-3-4-11(15)6-12(9)16/h3-6,8H,1-2H3/b10-5+,18-8+. The van der Waals surface area contributed by atoms with Crippen LogP contribution in [-0.2, 0) is 0 Å². The van der Waals surface area contributed by atoms with E-state index in [1.807, 2.05) is 14.1 Å². The van der Waals surface area contributed by atoms with Crippen LogP contribution in [0.1, 0.15) is 10.6 Å². The topological polar surface area (TPSA) is 65.2 Å². The molecule has 0 bridgehead atoms. The average molecular weight is 352 g/mol. The van der Waals surface area contributed by atoms with Crippen molar-refractivity contribution in [3.05, 3.63) is 38.8 Å². The van der Waals surface area contributed by atoms with Gasteiger partial charge in [-0.25, -0.2) is 4.99 Å². The molecule has 112 valence electrons. The molecule has 1 aromatic heterocycles. The van der Waals surface area contributed by atoms with Crippen LogP contribution in [0.25, 0.3) is 11.6 Å². The van der Waals surface area contributed by atoms with Gasteiger partial charge < -0.3 is 4.90 Å². The van der Waals surface area contributed by atoms with E-state index in [1.54, 1.807) is 35.5 Å². The predicted molar refractivity (Wildman–Crippen MR) is 91.7 cm³/mol. The van der Waals surface area contributed by atoms with E-state index in [0.717, 1.165) is 0 Å². The van der Waals surface area contributed by atoms with Crippen molar-refractivity contribution in [2.24, 2.45) is 4.99 Å². The summed E-state index contributed by atoms with van der Waals surface area (Å²) in [5.74, 6) is 0. The van der Waals surface area contributed by atoms with Crippen LogP contribution >= 0.6 is 34.5 Å². The molecule has 0 spiro atoms. The molecule has 8 heteroatoms. The number of hydrogen-bond donors (Lipinski definition) is 0. The third-order valence-electron chi connectivity index (χ3n) is 2.43. The molecule has 2 rings (SSSR count). The van der Waals surface area contributed by atoms with Crippen molar-refractivity contribution in [2.75, 3.05) is 14.1 Å². The summed E-state index contributed by atoms with van der Waals surface area (Å²) in [6.07, 6.45) is 3.27. The summed E-state index contributed by atoms with van der Waals surface area (Å²) in [6.45, 7) is 0. The van der Waals surface area contributed by atoms with Crippen molar-refractivity contribution >= 4 is 57.7 Å². The zero-order chi connectivity index (χ0) is 16.1. The summed E-state index contributed by atoms with van der Waals surface area (Å²) in [5, 5.41) is 19.2. The Morgan fingerprint density at radius 1 is 1.36 bits per heavy atom. The highest BCUT2D eigenvalue weighted by Gasteiger charge is 2.10. The second kappa shape index (κ2) is 7.36. The van der Waals surface area contributed by atoms with E-state index in [9.17, 15) is 5.26 Å². The van der Waals surface area contributed by atoms with Gasteiger partial charge in [-0.3, -0.25) is 0 Å². The fourth-order valence-electron chi connectivity index (χ4n) is 1.46. The van der Waals surface area contributed by atoms with Gasteiger partial charge in [0.2, 0.25) is 5.13 Å². The first-order valence-electron chi connectivity index (χ1n) is 6.11. The van der Waals surface area contributed by atoms with Gasteiger partial charge in [0.1, 0.15) is 6.07 Å². The monoisotopic (exact) mass is 351 g/mol. The van der Waals surface area contributed by atoms with Crippen LogP contribution in [-0.4, -0.2) is 35.5 Å². The minimum atomic E-state index is 0.369. The Morgan fingerprint density at radius 3 is 2.77 bits per heavy atom. The Balaban J connectivity index is 2.32. The molecule has 0 unspecified atom stereocenters. The van der Waals surface area contributed by atoms with Gasteiger partial charge in [0.05, 0.1) is 11.9 Å². The molecule has 0 fully saturated rings. The highest BCUT2D eigenvalue weighted by Crippen LogP contribution is 2.28. The summed E-state index contributed by atoms with van der Waals surface area (Å²) >= 11 is 13.2. The van der Waals surface area contributed by atoms with E-state index >= 15 is 0 Å². The van der Waals surface area contributed by atoms with Gasteiger partial charge in [-0.05, 0) is 23.8 Å². The van der Waals surface area contributed by atoms with Gasteiger partial charge in [-0.1, -0.05) is 40.6 Å². The molecular weight excluding hydrogens is 341 g/mol. The van der Waals surface area contributed by atoms with Crippen LogP contribution in [0.4, 0.5) is 5.13 Å². The van der Waals surface area contributed by atoms with Crippen molar-refractivity contribution in [3.8, 4) is 6.07 Å². The van der Waals surface area contributed by atoms with Gasteiger partial charge in [-0.2, -0.15) is 5.26 Å². The number of rotatable bonds is 4. The maximum atomic E-state index is 9.32. The molecule has 0 aliphatic heterocycles. The highest BCUT2D eigenvalue weighted by molar-refractivity contribution is 7.16. The van der Waals surface area contributed by atoms with Gasteiger partial charge in [-0.15, -0.1) is 10.2 Å². The zero-order valence-electron chi connectivity index (χ0n) is 11.8. The first kappa shape index (κ1) is 16.4. The molecule has 0 aliphatic rings. The molecule has 5 nitrogen and oxygen atoms in total. The van der Waals surface area contributed by atoms with Crippen molar-refractivity contribution in [1.29, 1.82) is 5.26 Å². The number of benzene rings is 1. The van der Waals surface area contributed by atoms with Crippen LogP contribution in [0.15, 0.2) is 23.2 Å². The Kier molecular flexibility index (Phi) is 5.50. The van der Waals surface area contributed by atoms with Gasteiger partial charge in [0.25, 0.3) is 0 Å². The second-order valence-corrected chi connectivity index (χ2v) is 6.23. The average Bonchev–Trinajstić information content (AvgIpc) is 2.93. The van der Waals surface area contributed by atoms with Crippen molar-refractivity contribution in [3.63, 3.8) is 0 Å². The third-order valence-corrected chi connectivity index (χ3v) is 3.85. The van der Waals surface area contributed by atoms with Crippen LogP contribution < -0.4 is 0 Å². The Labute approximate surface area is 142 Å². The lowest BCUT2D eigenvalue weighted by Crippen LogP contribution is -2.06. The van der Waals surface area contributed by atoms with E-state index in [0.29, 0.717) is 31.3 Å². The van der Waals surface area contributed by atoms with Crippen LogP contribution in [0, 0.1) is 11.3 Å². The number of aromatic nitrogens is 2. The first-order valence-corrected chi connectivity index (χ1v) is 7.68. The Morgan fingerprint density at radius 2 is 2.14 bits per heavy atom. The van der Waals surface area contributed by atoms with Crippen molar-refractivity contribution in [2.45, 2.75) is 0 Å². The Bertz CT molecular complexity index is 774. The van der Waals surface area contributed by atoms with Gasteiger partial charge >= 0.3 is 0 Å². The summed E-state index contributed by atoms with van der Waals surface area (Å²) in [7, 11) is 3.71. The largest absolute Gasteiger partial charge is 0.369 e. The van der Waals surface area contributed by atoms with Crippen molar-refractivity contribution < 1.29 is 0 Å². The quantitative estimate of drug-likeness (QED) is 0.471. The molecule has 1 heterocycles. The number of halogens is 2. The lowest BCUT2D eigenvalue weighted by molar-refractivity contribution is 0.643. The molecule has 0 radical (unpaired) electrons. The predicted octanol–water partition coefficient (Wildman–Crippen LogP) is 4.13. The fraction of sp³-hybridized carbons (Fsp3) is 0.143. The lowest BCUT2D eigenvalue weighted by atomic mass is 10.1. The van der Waals surface area contributed by atoms with Crippen LogP contribution in [0.5, 0.6) is 0 Å². The summed E-state index contributed by atoms with van der Waals surface area (Å²) in [6, 6.07) is 7.18. The zero-order valence-corrected chi connectivity index (χ0v) is 14.1. The lowest BCUT2D eigenvalue weighted by Gasteiger charge is -2.00. The van der Waals surface area contributed by atoms with E-state index in [2.05, 4.69) is 21.3 Å². The number of allylic oxidation sites excluding steroid dienone is 1. The molecule has 0 atom stereocenters. The second-order valence-electron chi connectivity index (χ2n) is 4.43. The fourth-order valence-corrected chi connectivity index (χ4v) is 2.57. The molecule has 0 saturated carbocycles. The number of nitrogens with zero attached hydrogens (tertiary/aromatic N) is 5. The molecule has 0 amide bonds. The maximum Gasteiger partial charge on any atom is 0.233 e. The Hall–Kier alpha value is -1.94. The third kappa shape index (κ3) is 4.28. The SMILES string of the molecule is CN(C)/C=N/c1nnc(/C(C#N)=C/c2ccc(Cl)cc2Cl)s1. The van der Waals surface area contributed by atoms with E-state index in [1.165, 1.54) is 11.3 Å².